The third-order valence-electron chi connectivity index (χ3n) is 2.36. The first-order chi connectivity index (χ1) is 5.77. The Morgan fingerprint density at radius 1 is 1.33 bits per heavy atom. The predicted molar refractivity (Wildman–Crippen MR) is 43.5 cm³/mol. The second-order valence-electron chi connectivity index (χ2n) is 3.36. The van der Waals surface area contributed by atoms with Crippen LogP contribution in [0, 0.1) is 5.92 Å². The van der Waals surface area contributed by atoms with Crippen LogP contribution in [0.15, 0.2) is 12.3 Å². The molecule has 4 atom stereocenters. The zero-order valence-electron chi connectivity index (χ0n) is 7.40. The molecule has 0 radical (unpaired) electrons. The van der Waals surface area contributed by atoms with E-state index in [1.165, 1.54) is 0 Å². The lowest BCUT2D eigenvalue weighted by atomic mass is 9.97. The summed E-state index contributed by atoms with van der Waals surface area (Å²) in [6.07, 6.45) is 3.93. The Balaban J connectivity index is 2.07. The van der Waals surface area contributed by atoms with Crippen LogP contribution in [-0.2, 0) is 14.2 Å². The molecule has 0 amide bonds. The minimum Gasteiger partial charge on any atom is -0.493 e. The summed E-state index contributed by atoms with van der Waals surface area (Å²) >= 11 is 0. The predicted octanol–water partition coefficient (Wildman–Crippen LogP) is 1.30. The molecule has 2 rings (SSSR count). The van der Waals surface area contributed by atoms with Gasteiger partial charge in [0, 0.05) is 5.92 Å². The molecule has 0 aromatic heterocycles. The number of rotatable bonds is 0. The van der Waals surface area contributed by atoms with Crippen molar-refractivity contribution in [1.29, 1.82) is 0 Å². The smallest absolute Gasteiger partial charge is 0.155 e. The van der Waals surface area contributed by atoms with Gasteiger partial charge in [-0.2, -0.15) is 0 Å². The Labute approximate surface area is 72.3 Å². The first-order valence-corrected chi connectivity index (χ1v) is 4.36. The summed E-state index contributed by atoms with van der Waals surface area (Å²) in [5, 5.41) is 0. The minimum atomic E-state index is -0.0937. The molecule has 0 aromatic carbocycles. The van der Waals surface area contributed by atoms with Gasteiger partial charge in [0.05, 0.1) is 12.9 Å². The topological polar surface area (TPSA) is 27.7 Å². The SMILES string of the molecule is CC1OCC2OC=CC(C)[C@@H]2O1. The summed E-state index contributed by atoms with van der Waals surface area (Å²) in [4.78, 5) is 0. The molecule has 0 saturated carbocycles. The Kier molecular flexibility index (Phi) is 2.07. The van der Waals surface area contributed by atoms with E-state index in [0.29, 0.717) is 12.5 Å². The van der Waals surface area contributed by atoms with Crippen LogP contribution < -0.4 is 0 Å². The van der Waals surface area contributed by atoms with Crippen molar-refractivity contribution in [1.82, 2.24) is 0 Å². The summed E-state index contributed by atoms with van der Waals surface area (Å²) in [5.74, 6) is 0.426. The van der Waals surface area contributed by atoms with Gasteiger partial charge in [-0.05, 0) is 13.0 Å². The largest absolute Gasteiger partial charge is 0.493 e. The summed E-state index contributed by atoms with van der Waals surface area (Å²) < 4.78 is 16.3. The normalized spacial score (nSPS) is 46.5. The molecule has 3 unspecified atom stereocenters. The van der Waals surface area contributed by atoms with Crippen molar-refractivity contribution >= 4 is 0 Å². The number of hydrogen-bond donors (Lipinski definition) is 0. The standard InChI is InChI=1S/C9H14O3/c1-6-3-4-10-8-5-11-7(2)12-9(6)8/h3-4,6-9H,5H2,1-2H3/t6?,7?,8?,9-/m0/s1. The lowest BCUT2D eigenvalue weighted by molar-refractivity contribution is -0.256. The Hall–Kier alpha value is -0.540. The maximum absolute atomic E-state index is 5.60. The van der Waals surface area contributed by atoms with E-state index >= 15 is 0 Å². The molecule has 12 heavy (non-hydrogen) atoms. The van der Waals surface area contributed by atoms with Crippen LogP contribution in [0.1, 0.15) is 13.8 Å². The average molecular weight is 170 g/mol. The van der Waals surface area contributed by atoms with Gasteiger partial charge in [-0.3, -0.25) is 0 Å². The lowest BCUT2D eigenvalue weighted by Crippen LogP contribution is -2.47. The Morgan fingerprint density at radius 2 is 2.17 bits per heavy atom. The maximum atomic E-state index is 5.60. The van der Waals surface area contributed by atoms with Crippen molar-refractivity contribution in [2.45, 2.75) is 32.3 Å². The molecule has 0 aromatic rings. The van der Waals surface area contributed by atoms with Crippen LogP contribution >= 0.6 is 0 Å². The molecule has 68 valence electrons. The van der Waals surface area contributed by atoms with E-state index in [0.717, 1.165) is 0 Å². The first kappa shape index (κ1) is 8.08. The average Bonchev–Trinajstić information content (AvgIpc) is 2.07. The van der Waals surface area contributed by atoms with E-state index in [4.69, 9.17) is 14.2 Å². The zero-order chi connectivity index (χ0) is 8.55. The van der Waals surface area contributed by atoms with Crippen LogP contribution in [0.25, 0.3) is 0 Å². The molecular weight excluding hydrogens is 156 g/mol. The molecule has 3 nitrogen and oxygen atoms in total. The second-order valence-corrected chi connectivity index (χ2v) is 3.36. The van der Waals surface area contributed by atoms with Crippen LogP contribution in [0.3, 0.4) is 0 Å². The number of hydrogen-bond acceptors (Lipinski definition) is 3. The fourth-order valence-electron chi connectivity index (χ4n) is 1.63. The van der Waals surface area contributed by atoms with Crippen LogP contribution in [0.4, 0.5) is 0 Å². The van der Waals surface area contributed by atoms with Gasteiger partial charge in [0.25, 0.3) is 0 Å². The zero-order valence-corrected chi connectivity index (χ0v) is 7.40. The van der Waals surface area contributed by atoms with E-state index in [2.05, 4.69) is 6.92 Å². The van der Waals surface area contributed by atoms with Gasteiger partial charge >= 0.3 is 0 Å². The molecule has 0 bridgehead atoms. The van der Waals surface area contributed by atoms with Gasteiger partial charge < -0.3 is 14.2 Å². The lowest BCUT2D eigenvalue weighted by Gasteiger charge is -2.39. The first-order valence-electron chi connectivity index (χ1n) is 4.36. The van der Waals surface area contributed by atoms with Crippen LogP contribution in [0.5, 0.6) is 0 Å². The van der Waals surface area contributed by atoms with Gasteiger partial charge in [-0.1, -0.05) is 6.92 Å². The minimum absolute atomic E-state index is 0.0844. The van der Waals surface area contributed by atoms with Crippen molar-refractivity contribution in [2.75, 3.05) is 6.61 Å². The molecular formula is C9H14O3. The van der Waals surface area contributed by atoms with E-state index in [1.807, 2.05) is 13.0 Å². The van der Waals surface area contributed by atoms with E-state index in [9.17, 15) is 0 Å². The quantitative estimate of drug-likeness (QED) is 0.548. The fourth-order valence-corrected chi connectivity index (χ4v) is 1.63. The fraction of sp³-hybridized carbons (Fsp3) is 0.778. The molecule has 1 saturated heterocycles. The monoisotopic (exact) mass is 170 g/mol. The molecule has 2 aliphatic heterocycles. The Bertz CT molecular complexity index is 190. The molecule has 2 aliphatic rings. The summed E-state index contributed by atoms with van der Waals surface area (Å²) in [7, 11) is 0. The van der Waals surface area contributed by atoms with Crippen molar-refractivity contribution in [2.24, 2.45) is 5.92 Å². The number of ether oxygens (including phenoxy) is 3. The highest BCUT2D eigenvalue weighted by atomic mass is 16.7. The third-order valence-corrected chi connectivity index (χ3v) is 2.36. The second kappa shape index (κ2) is 3.07. The van der Waals surface area contributed by atoms with Crippen molar-refractivity contribution in [3.63, 3.8) is 0 Å². The molecule has 2 heterocycles. The molecule has 0 aliphatic carbocycles. The van der Waals surface area contributed by atoms with Crippen molar-refractivity contribution in [3.8, 4) is 0 Å². The highest BCUT2D eigenvalue weighted by Crippen LogP contribution is 2.26. The van der Waals surface area contributed by atoms with Crippen LogP contribution in [0.2, 0.25) is 0 Å². The van der Waals surface area contributed by atoms with E-state index in [1.54, 1.807) is 6.26 Å². The van der Waals surface area contributed by atoms with Gasteiger partial charge in [0.2, 0.25) is 0 Å². The van der Waals surface area contributed by atoms with Gasteiger partial charge in [0.1, 0.15) is 12.2 Å². The summed E-state index contributed by atoms with van der Waals surface area (Å²) in [5.41, 5.74) is 0. The van der Waals surface area contributed by atoms with Gasteiger partial charge in [-0.25, -0.2) is 0 Å². The third kappa shape index (κ3) is 1.34. The van der Waals surface area contributed by atoms with E-state index in [-0.39, 0.29) is 18.5 Å². The molecule has 1 fully saturated rings. The molecule has 0 N–H and O–H groups in total. The highest BCUT2D eigenvalue weighted by molar-refractivity contribution is 4.96. The van der Waals surface area contributed by atoms with E-state index < -0.39 is 0 Å². The maximum Gasteiger partial charge on any atom is 0.155 e. The van der Waals surface area contributed by atoms with Crippen molar-refractivity contribution in [3.05, 3.63) is 12.3 Å². The van der Waals surface area contributed by atoms with Gasteiger partial charge in [-0.15, -0.1) is 0 Å². The molecule has 3 heteroatoms. The molecule has 0 spiro atoms. The Morgan fingerprint density at radius 3 is 3.00 bits per heavy atom. The number of fused-ring (bicyclic) bond motifs is 1. The summed E-state index contributed by atoms with van der Waals surface area (Å²) in [6.45, 7) is 4.69. The van der Waals surface area contributed by atoms with Gasteiger partial charge in [0.15, 0.2) is 6.29 Å². The van der Waals surface area contributed by atoms with Crippen molar-refractivity contribution < 1.29 is 14.2 Å². The highest BCUT2D eigenvalue weighted by Gasteiger charge is 2.35. The summed E-state index contributed by atoms with van der Waals surface area (Å²) in [6, 6.07) is 0. The van der Waals surface area contributed by atoms with Crippen LogP contribution in [-0.4, -0.2) is 25.1 Å².